The normalized spacial score (nSPS) is 23.8. The minimum Gasteiger partial charge on any atom is -0.330 e. The molecule has 1 saturated heterocycles. The molecular weight excluding hydrogens is 204 g/mol. The summed E-state index contributed by atoms with van der Waals surface area (Å²) in [7, 11) is 4.25. The van der Waals surface area contributed by atoms with Gasteiger partial charge in [0.15, 0.2) is 5.82 Å². The standard InChI is InChI=1S/C10H20N6/c1-15-5-6-16(2)8(7-15)10-12-9(3-4-11)13-14-10/h8H,3-7,11H2,1-2H3,(H,12,13,14). The third-order valence-corrected chi connectivity index (χ3v) is 3.08. The predicted octanol–water partition coefficient (Wildman–Crippen LogP) is -0.776. The predicted molar refractivity (Wildman–Crippen MR) is 62.0 cm³/mol. The molecule has 6 nitrogen and oxygen atoms in total. The molecule has 0 amide bonds. The van der Waals surface area contributed by atoms with Crippen LogP contribution in [0.4, 0.5) is 0 Å². The highest BCUT2D eigenvalue weighted by Gasteiger charge is 2.26. The molecule has 1 unspecified atom stereocenters. The van der Waals surface area contributed by atoms with Crippen molar-refractivity contribution >= 4 is 0 Å². The van der Waals surface area contributed by atoms with Crippen molar-refractivity contribution in [1.29, 1.82) is 0 Å². The van der Waals surface area contributed by atoms with Gasteiger partial charge in [-0.1, -0.05) is 0 Å². The molecule has 1 aliphatic rings. The number of rotatable bonds is 3. The third-order valence-electron chi connectivity index (χ3n) is 3.08. The summed E-state index contributed by atoms with van der Waals surface area (Å²) in [6.07, 6.45) is 0.763. The van der Waals surface area contributed by atoms with Crippen LogP contribution in [0, 0.1) is 0 Å². The fraction of sp³-hybridized carbons (Fsp3) is 0.800. The van der Waals surface area contributed by atoms with Gasteiger partial charge in [-0.15, -0.1) is 0 Å². The number of hydrogen-bond donors (Lipinski definition) is 2. The summed E-state index contributed by atoms with van der Waals surface area (Å²) in [6, 6.07) is 0.293. The first kappa shape index (κ1) is 11.5. The lowest BCUT2D eigenvalue weighted by molar-refractivity contribution is 0.110. The molecule has 16 heavy (non-hydrogen) atoms. The van der Waals surface area contributed by atoms with Crippen molar-refractivity contribution in [2.75, 3.05) is 40.3 Å². The Labute approximate surface area is 95.8 Å². The Balaban J connectivity index is 2.08. The van der Waals surface area contributed by atoms with Gasteiger partial charge in [0, 0.05) is 26.1 Å². The van der Waals surface area contributed by atoms with E-state index in [1.165, 1.54) is 0 Å². The molecule has 1 aromatic rings. The quantitative estimate of drug-likeness (QED) is 0.705. The number of likely N-dealkylation sites (N-methyl/N-ethyl adjacent to an activating group) is 2. The average Bonchev–Trinajstić information content (AvgIpc) is 2.71. The van der Waals surface area contributed by atoms with Crippen molar-refractivity contribution in [2.24, 2.45) is 5.73 Å². The number of aromatic nitrogens is 3. The molecule has 0 aromatic carbocycles. The van der Waals surface area contributed by atoms with E-state index in [4.69, 9.17) is 5.73 Å². The number of aromatic amines is 1. The monoisotopic (exact) mass is 224 g/mol. The first-order valence-electron chi connectivity index (χ1n) is 5.70. The molecule has 0 saturated carbocycles. The van der Waals surface area contributed by atoms with Gasteiger partial charge in [-0.25, -0.2) is 4.98 Å². The number of nitrogens with one attached hydrogen (secondary N) is 1. The van der Waals surface area contributed by atoms with Crippen molar-refractivity contribution in [3.8, 4) is 0 Å². The molecule has 0 aliphatic carbocycles. The topological polar surface area (TPSA) is 74.1 Å². The van der Waals surface area contributed by atoms with Crippen LogP contribution in [0.1, 0.15) is 17.7 Å². The fourth-order valence-electron chi connectivity index (χ4n) is 2.00. The van der Waals surface area contributed by atoms with Gasteiger partial charge in [-0.05, 0) is 20.6 Å². The molecule has 1 aromatic heterocycles. The van der Waals surface area contributed by atoms with Crippen LogP contribution in [0.25, 0.3) is 0 Å². The van der Waals surface area contributed by atoms with Gasteiger partial charge in [-0.3, -0.25) is 10.00 Å². The number of hydrogen-bond acceptors (Lipinski definition) is 5. The lowest BCUT2D eigenvalue weighted by atomic mass is 10.2. The minimum absolute atomic E-state index is 0.293. The maximum absolute atomic E-state index is 5.49. The minimum atomic E-state index is 0.293. The summed E-state index contributed by atoms with van der Waals surface area (Å²) in [5.74, 6) is 1.77. The summed E-state index contributed by atoms with van der Waals surface area (Å²) in [5.41, 5.74) is 5.49. The molecule has 1 aliphatic heterocycles. The molecule has 2 heterocycles. The van der Waals surface area contributed by atoms with Crippen molar-refractivity contribution in [1.82, 2.24) is 25.0 Å². The van der Waals surface area contributed by atoms with Gasteiger partial charge in [0.25, 0.3) is 0 Å². The second-order valence-electron chi connectivity index (χ2n) is 4.44. The van der Waals surface area contributed by atoms with E-state index >= 15 is 0 Å². The zero-order valence-electron chi connectivity index (χ0n) is 9.98. The number of H-pyrrole nitrogens is 1. The lowest BCUT2D eigenvalue weighted by Crippen LogP contribution is -2.45. The van der Waals surface area contributed by atoms with E-state index in [2.05, 4.69) is 39.1 Å². The first-order valence-corrected chi connectivity index (χ1v) is 5.70. The molecule has 6 heteroatoms. The molecule has 0 spiro atoms. The Morgan fingerprint density at radius 2 is 2.25 bits per heavy atom. The van der Waals surface area contributed by atoms with Crippen LogP contribution in [0.2, 0.25) is 0 Å². The molecule has 0 radical (unpaired) electrons. The van der Waals surface area contributed by atoms with Gasteiger partial charge < -0.3 is 10.6 Å². The molecule has 1 atom stereocenters. The summed E-state index contributed by atoms with van der Waals surface area (Å²) in [6.45, 7) is 3.75. The lowest BCUT2D eigenvalue weighted by Gasteiger charge is -2.35. The molecular formula is C10H20N6. The van der Waals surface area contributed by atoms with Gasteiger partial charge in [-0.2, -0.15) is 5.10 Å². The van der Waals surface area contributed by atoms with Crippen molar-refractivity contribution in [2.45, 2.75) is 12.5 Å². The number of nitrogens with two attached hydrogens (primary N) is 1. The highest BCUT2D eigenvalue weighted by atomic mass is 15.3. The van der Waals surface area contributed by atoms with Crippen LogP contribution < -0.4 is 5.73 Å². The Bertz CT molecular complexity index is 336. The molecule has 0 bridgehead atoms. The first-order chi connectivity index (χ1) is 7.70. The second-order valence-corrected chi connectivity index (χ2v) is 4.44. The SMILES string of the molecule is CN1CCN(C)C(c2n[nH]c(CCN)n2)C1. The Morgan fingerprint density at radius 3 is 3.00 bits per heavy atom. The summed E-state index contributed by atoms with van der Waals surface area (Å²) in [4.78, 5) is 9.10. The summed E-state index contributed by atoms with van der Waals surface area (Å²) >= 11 is 0. The Kier molecular flexibility index (Phi) is 3.52. The van der Waals surface area contributed by atoms with Crippen LogP contribution in [0.5, 0.6) is 0 Å². The molecule has 90 valence electrons. The van der Waals surface area contributed by atoms with Crippen LogP contribution in [-0.4, -0.2) is 65.3 Å². The molecule has 3 N–H and O–H groups in total. The van der Waals surface area contributed by atoms with Crippen molar-refractivity contribution < 1.29 is 0 Å². The fourth-order valence-corrected chi connectivity index (χ4v) is 2.00. The van der Waals surface area contributed by atoms with E-state index in [1.54, 1.807) is 0 Å². The van der Waals surface area contributed by atoms with Gasteiger partial charge in [0.2, 0.25) is 0 Å². The van der Waals surface area contributed by atoms with Crippen LogP contribution in [-0.2, 0) is 6.42 Å². The van der Waals surface area contributed by atoms with E-state index < -0.39 is 0 Å². The zero-order valence-corrected chi connectivity index (χ0v) is 9.98. The van der Waals surface area contributed by atoms with Crippen LogP contribution in [0.3, 0.4) is 0 Å². The van der Waals surface area contributed by atoms with Crippen molar-refractivity contribution in [3.05, 3.63) is 11.6 Å². The smallest absolute Gasteiger partial charge is 0.169 e. The summed E-state index contributed by atoms with van der Waals surface area (Å²) in [5, 5.41) is 7.24. The second kappa shape index (κ2) is 4.90. The highest BCUT2D eigenvalue weighted by Crippen LogP contribution is 2.19. The van der Waals surface area contributed by atoms with Crippen molar-refractivity contribution in [3.63, 3.8) is 0 Å². The Hall–Kier alpha value is -0.980. The van der Waals surface area contributed by atoms with E-state index in [1.807, 2.05) is 0 Å². The zero-order chi connectivity index (χ0) is 11.5. The molecule has 2 rings (SSSR count). The number of piperazine rings is 1. The Morgan fingerprint density at radius 1 is 1.44 bits per heavy atom. The highest BCUT2D eigenvalue weighted by molar-refractivity contribution is 5.00. The largest absolute Gasteiger partial charge is 0.330 e. The average molecular weight is 224 g/mol. The van der Waals surface area contributed by atoms with Crippen LogP contribution >= 0.6 is 0 Å². The van der Waals surface area contributed by atoms with E-state index in [9.17, 15) is 0 Å². The van der Waals surface area contributed by atoms with Gasteiger partial charge in [0.1, 0.15) is 5.82 Å². The van der Waals surface area contributed by atoms with E-state index in [-0.39, 0.29) is 0 Å². The van der Waals surface area contributed by atoms with Gasteiger partial charge >= 0.3 is 0 Å². The number of nitrogens with zero attached hydrogens (tertiary/aromatic N) is 4. The van der Waals surface area contributed by atoms with Gasteiger partial charge in [0.05, 0.1) is 6.04 Å². The maximum Gasteiger partial charge on any atom is 0.169 e. The van der Waals surface area contributed by atoms with Crippen LogP contribution in [0.15, 0.2) is 0 Å². The third kappa shape index (κ3) is 2.40. The molecule has 1 fully saturated rings. The summed E-state index contributed by atoms with van der Waals surface area (Å²) < 4.78 is 0. The van der Waals surface area contributed by atoms with E-state index in [0.29, 0.717) is 12.6 Å². The maximum atomic E-state index is 5.49. The van der Waals surface area contributed by atoms with E-state index in [0.717, 1.165) is 37.7 Å².